The summed E-state index contributed by atoms with van der Waals surface area (Å²) >= 11 is 0. The monoisotopic (exact) mass is 251 g/mol. The summed E-state index contributed by atoms with van der Waals surface area (Å²) in [5.41, 5.74) is -0.886. The molecule has 16 heavy (non-hydrogen) atoms. The van der Waals surface area contributed by atoms with Gasteiger partial charge in [0.1, 0.15) is 0 Å². The predicted molar refractivity (Wildman–Crippen MR) is 61.4 cm³/mol. The number of hydrogen-bond donors (Lipinski definition) is 3. The smallest absolute Gasteiger partial charge is 0.324 e. The van der Waals surface area contributed by atoms with Crippen molar-refractivity contribution >= 4 is 7.60 Å². The lowest BCUT2D eigenvalue weighted by molar-refractivity contribution is -0.249. The van der Waals surface area contributed by atoms with Gasteiger partial charge in [-0.3, -0.25) is 4.57 Å². The fourth-order valence-corrected chi connectivity index (χ4v) is 3.87. The van der Waals surface area contributed by atoms with Crippen LogP contribution >= 0.6 is 7.60 Å². The molecule has 3 N–H and O–H groups in total. The summed E-state index contributed by atoms with van der Waals surface area (Å²) in [6, 6.07) is 0. The van der Waals surface area contributed by atoms with Gasteiger partial charge in [0.15, 0.2) is 0 Å². The van der Waals surface area contributed by atoms with Gasteiger partial charge in [0.2, 0.25) is 0 Å². The van der Waals surface area contributed by atoms with Crippen molar-refractivity contribution in [3.63, 3.8) is 0 Å². The average Bonchev–Trinajstić information content (AvgIpc) is 1.95. The van der Waals surface area contributed by atoms with Crippen LogP contribution in [-0.2, 0) is 4.57 Å². The summed E-state index contributed by atoms with van der Waals surface area (Å²) in [6.07, 6.45) is 1.10. The summed E-state index contributed by atoms with van der Waals surface area (Å²) in [7, 11) is -3.97. The standard InChI is InChI=1S/C10H22NO4P/c1-9(2)5-8(7-16(13,14)15)6-10(3,4)11(9)12/h8,12H,5-7H2,1-4H3,(H2,13,14,15). The second-order valence-corrected chi connectivity index (χ2v) is 7.75. The van der Waals surface area contributed by atoms with Crippen LogP contribution in [0.3, 0.4) is 0 Å². The van der Waals surface area contributed by atoms with Crippen LogP contribution in [0, 0.1) is 5.92 Å². The highest BCUT2D eigenvalue weighted by Crippen LogP contribution is 2.46. The number of rotatable bonds is 2. The molecule has 0 saturated carbocycles. The first-order valence-corrected chi connectivity index (χ1v) is 7.28. The molecule has 1 saturated heterocycles. The normalized spacial score (nSPS) is 26.9. The van der Waals surface area contributed by atoms with Gasteiger partial charge in [0.05, 0.1) is 6.16 Å². The summed E-state index contributed by atoms with van der Waals surface area (Å²) in [5.74, 6) is -0.0470. The topological polar surface area (TPSA) is 81.0 Å². The molecular weight excluding hydrogens is 229 g/mol. The van der Waals surface area contributed by atoms with Crippen LogP contribution in [0.5, 0.6) is 0 Å². The van der Waals surface area contributed by atoms with Crippen LogP contribution < -0.4 is 0 Å². The number of hydroxylamine groups is 2. The molecule has 0 amide bonds. The van der Waals surface area contributed by atoms with Crippen molar-refractivity contribution in [2.45, 2.75) is 51.6 Å². The lowest BCUT2D eigenvalue weighted by Crippen LogP contribution is -2.59. The third-order valence-electron chi connectivity index (χ3n) is 3.22. The van der Waals surface area contributed by atoms with E-state index in [0.29, 0.717) is 12.8 Å². The molecule has 0 aromatic rings. The minimum Gasteiger partial charge on any atom is -0.324 e. The third-order valence-corrected chi connectivity index (χ3v) is 4.21. The molecule has 6 heteroatoms. The maximum Gasteiger partial charge on any atom is 0.325 e. The zero-order valence-electron chi connectivity index (χ0n) is 10.3. The minimum atomic E-state index is -3.97. The molecule has 1 rings (SSSR count). The molecule has 0 spiro atoms. The lowest BCUT2D eigenvalue weighted by atomic mass is 9.76. The number of nitrogens with zero attached hydrogens (tertiary/aromatic N) is 1. The summed E-state index contributed by atoms with van der Waals surface area (Å²) in [5, 5.41) is 11.3. The lowest BCUT2D eigenvalue weighted by Gasteiger charge is -2.51. The van der Waals surface area contributed by atoms with E-state index in [-0.39, 0.29) is 12.1 Å². The first-order valence-electron chi connectivity index (χ1n) is 5.48. The molecule has 0 aromatic carbocycles. The fourth-order valence-electron chi connectivity index (χ4n) is 2.94. The molecule has 1 aliphatic heterocycles. The average molecular weight is 251 g/mol. The predicted octanol–water partition coefficient (Wildman–Crippen LogP) is 1.82. The van der Waals surface area contributed by atoms with Crippen LogP contribution in [0.2, 0.25) is 0 Å². The van der Waals surface area contributed by atoms with Crippen LogP contribution in [0.25, 0.3) is 0 Å². The zero-order chi connectivity index (χ0) is 12.8. The first kappa shape index (κ1) is 14.1. The maximum atomic E-state index is 11.0. The van der Waals surface area contributed by atoms with Gasteiger partial charge in [-0.05, 0) is 46.5 Å². The van der Waals surface area contributed by atoms with Crippen LogP contribution in [0.1, 0.15) is 40.5 Å². The number of piperidine rings is 1. The van der Waals surface area contributed by atoms with Gasteiger partial charge >= 0.3 is 7.60 Å². The van der Waals surface area contributed by atoms with E-state index >= 15 is 0 Å². The highest BCUT2D eigenvalue weighted by atomic mass is 31.2. The first-order chi connectivity index (χ1) is 6.94. The third kappa shape index (κ3) is 3.28. The van der Waals surface area contributed by atoms with E-state index in [9.17, 15) is 9.77 Å². The Morgan fingerprint density at radius 1 is 1.19 bits per heavy atom. The van der Waals surface area contributed by atoms with Gasteiger partial charge in [-0.2, -0.15) is 5.06 Å². The van der Waals surface area contributed by atoms with Crippen LogP contribution in [0.15, 0.2) is 0 Å². The van der Waals surface area contributed by atoms with Crippen molar-refractivity contribution in [1.82, 2.24) is 5.06 Å². The van der Waals surface area contributed by atoms with E-state index < -0.39 is 18.7 Å². The van der Waals surface area contributed by atoms with E-state index in [0.717, 1.165) is 0 Å². The Morgan fingerprint density at radius 3 is 1.88 bits per heavy atom. The molecule has 0 aliphatic carbocycles. The zero-order valence-corrected chi connectivity index (χ0v) is 11.2. The Morgan fingerprint density at radius 2 is 1.56 bits per heavy atom. The van der Waals surface area contributed by atoms with Gasteiger partial charge in [-0.1, -0.05) is 0 Å². The highest BCUT2D eigenvalue weighted by Gasteiger charge is 2.46. The van der Waals surface area contributed by atoms with Crippen LogP contribution in [0.4, 0.5) is 0 Å². The molecule has 1 fully saturated rings. The molecule has 0 bridgehead atoms. The largest absolute Gasteiger partial charge is 0.325 e. The summed E-state index contributed by atoms with van der Waals surface area (Å²) < 4.78 is 11.0. The molecule has 0 radical (unpaired) electrons. The molecular formula is C10H22NO4P. The molecule has 96 valence electrons. The second-order valence-electron chi connectivity index (χ2n) is 6.06. The minimum absolute atomic E-state index is 0.0470. The van der Waals surface area contributed by atoms with E-state index in [1.165, 1.54) is 5.06 Å². The van der Waals surface area contributed by atoms with Gasteiger partial charge < -0.3 is 15.0 Å². The SMILES string of the molecule is CC1(C)CC(CP(=O)(O)O)CC(C)(C)N1O. The van der Waals surface area contributed by atoms with Crippen molar-refractivity contribution in [2.75, 3.05) is 6.16 Å². The molecule has 1 heterocycles. The van der Waals surface area contributed by atoms with Gasteiger partial charge in [-0.25, -0.2) is 0 Å². The number of hydrogen-bond acceptors (Lipinski definition) is 3. The van der Waals surface area contributed by atoms with Gasteiger partial charge in [0.25, 0.3) is 0 Å². The van der Waals surface area contributed by atoms with E-state index in [2.05, 4.69) is 0 Å². The van der Waals surface area contributed by atoms with Gasteiger partial charge in [0, 0.05) is 11.1 Å². The molecule has 0 unspecified atom stereocenters. The van der Waals surface area contributed by atoms with Crippen molar-refractivity contribution in [2.24, 2.45) is 5.92 Å². The Kier molecular flexibility index (Phi) is 3.60. The van der Waals surface area contributed by atoms with Crippen molar-refractivity contribution in [1.29, 1.82) is 0 Å². The summed E-state index contributed by atoms with van der Waals surface area (Å²) in [4.78, 5) is 18.0. The highest BCUT2D eigenvalue weighted by molar-refractivity contribution is 7.51. The molecule has 1 aliphatic rings. The molecule has 0 atom stereocenters. The second kappa shape index (κ2) is 4.07. The fraction of sp³-hybridized carbons (Fsp3) is 1.00. The Hall–Kier alpha value is 0.0700. The van der Waals surface area contributed by atoms with Crippen molar-refractivity contribution in [3.05, 3.63) is 0 Å². The van der Waals surface area contributed by atoms with Gasteiger partial charge in [-0.15, -0.1) is 0 Å². The van der Waals surface area contributed by atoms with Crippen LogP contribution in [-0.4, -0.2) is 37.3 Å². The van der Waals surface area contributed by atoms with E-state index in [1.807, 2.05) is 27.7 Å². The Labute approximate surface area is 96.6 Å². The van der Waals surface area contributed by atoms with Crippen molar-refractivity contribution < 1.29 is 19.6 Å². The quantitative estimate of drug-likeness (QED) is 0.652. The van der Waals surface area contributed by atoms with Crippen molar-refractivity contribution in [3.8, 4) is 0 Å². The molecule has 5 nitrogen and oxygen atoms in total. The maximum absolute atomic E-state index is 11.0. The Balaban J connectivity index is 2.83. The van der Waals surface area contributed by atoms with E-state index in [4.69, 9.17) is 9.79 Å². The van der Waals surface area contributed by atoms with E-state index in [1.54, 1.807) is 0 Å². The molecule has 0 aromatic heterocycles. The summed E-state index contributed by atoms with van der Waals surface area (Å²) in [6.45, 7) is 7.56. The Bertz CT molecular complexity index is 292.